The van der Waals surface area contributed by atoms with Crippen LogP contribution < -0.4 is 0 Å². The zero-order chi connectivity index (χ0) is 16.4. The Morgan fingerprint density at radius 3 is 2.88 bits per heavy atom. The standard InChI is InChI=1S/C19H24N4O/c24-19(22-11-10-21-9-5-4-8-18(21)15-22)17-12-20-23(14-17)13-16-6-2-1-3-7-16/h1-3,6-7,12,14,18H,4-5,8-11,13,15H2/t18-/m0/s1. The molecule has 2 saturated heterocycles. The summed E-state index contributed by atoms with van der Waals surface area (Å²) in [5.74, 6) is 0.125. The molecular formula is C19H24N4O. The fourth-order valence-electron chi connectivity index (χ4n) is 3.85. The third kappa shape index (κ3) is 3.22. The van der Waals surface area contributed by atoms with Crippen molar-refractivity contribution >= 4 is 5.91 Å². The Morgan fingerprint density at radius 1 is 1.12 bits per heavy atom. The number of rotatable bonds is 3. The first kappa shape index (κ1) is 15.4. The Labute approximate surface area is 142 Å². The fraction of sp³-hybridized carbons (Fsp3) is 0.474. The minimum Gasteiger partial charge on any atom is -0.336 e. The molecule has 0 saturated carbocycles. The van der Waals surface area contributed by atoms with E-state index >= 15 is 0 Å². The van der Waals surface area contributed by atoms with Crippen molar-refractivity contribution in [2.75, 3.05) is 26.2 Å². The van der Waals surface area contributed by atoms with Gasteiger partial charge in [-0.25, -0.2) is 0 Å². The van der Waals surface area contributed by atoms with Gasteiger partial charge in [0.2, 0.25) is 0 Å². The van der Waals surface area contributed by atoms with Crippen LogP contribution in [0.5, 0.6) is 0 Å². The molecule has 2 aromatic rings. The molecule has 24 heavy (non-hydrogen) atoms. The molecule has 1 amide bonds. The second kappa shape index (κ2) is 6.77. The Balaban J connectivity index is 1.41. The maximum Gasteiger partial charge on any atom is 0.257 e. The molecule has 5 nitrogen and oxygen atoms in total. The number of amides is 1. The Morgan fingerprint density at radius 2 is 2.00 bits per heavy atom. The number of aromatic nitrogens is 2. The number of hydrogen-bond acceptors (Lipinski definition) is 3. The molecule has 0 radical (unpaired) electrons. The van der Waals surface area contributed by atoms with Crippen molar-refractivity contribution in [2.24, 2.45) is 0 Å². The quantitative estimate of drug-likeness (QED) is 0.869. The molecule has 0 unspecified atom stereocenters. The van der Waals surface area contributed by atoms with Crippen molar-refractivity contribution in [3.63, 3.8) is 0 Å². The van der Waals surface area contributed by atoms with Crippen LogP contribution in [-0.2, 0) is 6.54 Å². The summed E-state index contributed by atoms with van der Waals surface area (Å²) in [7, 11) is 0. The second-order valence-corrected chi connectivity index (χ2v) is 6.85. The van der Waals surface area contributed by atoms with E-state index in [2.05, 4.69) is 22.1 Å². The van der Waals surface area contributed by atoms with Crippen molar-refractivity contribution in [1.29, 1.82) is 0 Å². The van der Waals surface area contributed by atoms with E-state index in [0.717, 1.165) is 19.6 Å². The summed E-state index contributed by atoms with van der Waals surface area (Å²) in [6, 6.07) is 10.8. The van der Waals surface area contributed by atoms with Crippen LogP contribution in [0.4, 0.5) is 0 Å². The third-order valence-corrected chi connectivity index (χ3v) is 5.19. The molecule has 3 heterocycles. The molecule has 4 rings (SSSR count). The van der Waals surface area contributed by atoms with E-state index in [4.69, 9.17) is 0 Å². The van der Waals surface area contributed by atoms with Crippen molar-refractivity contribution < 1.29 is 4.79 Å². The smallest absolute Gasteiger partial charge is 0.257 e. The molecule has 2 aliphatic heterocycles. The topological polar surface area (TPSA) is 41.4 Å². The second-order valence-electron chi connectivity index (χ2n) is 6.85. The van der Waals surface area contributed by atoms with Gasteiger partial charge in [-0.05, 0) is 24.9 Å². The fourth-order valence-corrected chi connectivity index (χ4v) is 3.85. The summed E-state index contributed by atoms with van der Waals surface area (Å²) in [5, 5.41) is 4.37. The third-order valence-electron chi connectivity index (χ3n) is 5.19. The average Bonchev–Trinajstić information content (AvgIpc) is 3.10. The summed E-state index contributed by atoms with van der Waals surface area (Å²) in [5.41, 5.74) is 1.89. The highest BCUT2D eigenvalue weighted by atomic mass is 16.2. The van der Waals surface area contributed by atoms with Crippen LogP contribution in [0.3, 0.4) is 0 Å². The summed E-state index contributed by atoms with van der Waals surface area (Å²) >= 11 is 0. The minimum absolute atomic E-state index is 0.125. The van der Waals surface area contributed by atoms with Crippen LogP contribution in [0.15, 0.2) is 42.7 Å². The molecule has 0 aliphatic carbocycles. The summed E-state index contributed by atoms with van der Waals surface area (Å²) in [6.45, 7) is 4.60. The molecule has 5 heteroatoms. The van der Waals surface area contributed by atoms with E-state index in [9.17, 15) is 4.79 Å². The van der Waals surface area contributed by atoms with Gasteiger partial charge in [0.25, 0.3) is 5.91 Å². The molecule has 1 aromatic carbocycles. The maximum absolute atomic E-state index is 12.8. The molecular weight excluding hydrogens is 300 g/mol. The molecule has 0 spiro atoms. The molecule has 1 aromatic heterocycles. The first-order valence-corrected chi connectivity index (χ1v) is 8.89. The lowest BCUT2D eigenvalue weighted by molar-refractivity contribution is 0.0372. The summed E-state index contributed by atoms with van der Waals surface area (Å²) < 4.78 is 1.85. The number of carbonyl (C=O) groups excluding carboxylic acids is 1. The van der Waals surface area contributed by atoms with Crippen LogP contribution in [0.2, 0.25) is 0 Å². The van der Waals surface area contributed by atoms with Crippen molar-refractivity contribution in [1.82, 2.24) is 19.6 Å². The molecule has 2 fully saturated rings. The zero-order valence-corrected chi connectivity index (χ0v) is 14.0. The number of nitrogens with zero attached hydrogens (tertiary/aromatic N) is 4. The highest BCUT2D eigenvalue weighted by Gasteiger charge is 2.31. The first-order chi connectivity index (χ1) is 11.8. The molecule has 0 N–H and O–H groups in total. The average molecular weight is 324 g/mol. The molecule has 2 aliphatic rings. The Kier molecular flexibility index (Phi) is 4.34. The van der Waals surface area contributed by atoms with Gasteiger partial charge in [-0.1, -0.05) is 36.8 Å². The predicted molar refractivity (Wildman–Crippen MR) is 92.9 cm³/mol. The van der Waals surface area contributed by atoms with Crippen LogP contribution in [-0.4, -0.2) is 57.7 Å². The van der Waals surface area contributed by atoms with Gasteiger partial charge in [0, 0.05) is 31.9 Å². The zero-order valence-electron chi connectivity index (χ0n) is 14.0. The SMILES string of the molecule is O=C(c1cnn(Cc2ccccc2)c1)N1CCN2CCCC[C@H]2C1. The van der Waals surface area contributed by atoms with Gasteiger partial charge in [-0.3, -0.25) is 14.4 Å². The van der Waals surface area contributed by atoms with Gasteiger partial charge in [0.05, 0.1) is 18.3 Å². The number of piperazine rings is 1. The largest absolute Gasteiger partial charge is 0.336 e. The minimum atomic E-state index is 0.125. The van der Waals surface area contributed by atoms with Gasteiger partial charge in [0.15, 0.2) is 0 Å². The number of benzene rings is 1. The number of carbonyl (C=O) groups is 1. The first-order valence-electron chi connectivity index (χ1n) is 8.89. The van der Waals surface area contributed by atoms with Crippen molar-refractivity contribution in [2.45, 2.75) is 31.8 Å². The van der Waals surface area contributed by atoms with E-state index < -0.39 is 0 Å². The van der Waals surface area contributed by atoms with E-state index in [1.54, 1.807) is 6.20 Å². The highest BCUT2D eigenvalue weighted by Crippen LogP contribution is 2.22. The van der Waals surface area contributed by atoms with Gasteiger partial charge in [-0.2, -0.15) is 5.10 Å². The van der Waals surface area contributed by atoms with Gasteiger partial charge < -0.3 is 4.90 Å². The van der Waals surface area contributed by atoms with Crippen LogP contribution >= 0.6 is 0 Å². The Hall–Kier alpha value is -2.14. The van der Waals surface area contributed by atoms with Crippen LogP contribution in [0, 0.1) is 0 Å². The van der Waals surface area contributed by atoms with Crippen LogP contribution in [0.1, 0.15) is 35.2 Å². The highest BCUT2D eigenvalue weighted by molar-refractivity contribution is 5.93. The lowest BCUT2D eigenvalue weighted by Crippen LogP contribution is -2.56. The molecule has 126 valence electrons. The van der Waals surface area contributed by atoms with Crippen molar-refractivity contribution in [3.8, 4) is 0 Å². The lowest BCUT2D eigenvalue weighted by Gasteiger charge is -2.43. The van der Waals surface area contributed by atoms with E-state index in [-0.39, 0.29) is 5.91 Å². The maximum atomic E-state index is 12.8. The normalized spacial score (nSPS) is 21.5. The van der Waals surface area contributed by atoms with E-state index in [1.165, 1.54) is 31.4 Å². The molecule has 0 bridgehead atoms. The van der Waals surface area contributed by atoms with Gasteiger partial charge >= 0.3 is 0 Å². The molecule has 1 atom stereocenters. The summed E-state index contributed by atoms with van der Waals surface area (Å²) in [4.78, 5) is 17.4. The number of piperidine rings is 1. The van der Waals surface area contributed by atoms with Crippen LogP contribution in [0.25, 0.3) is 0 Å². The monoisotopic (exact) mass is 324 g/mol. The van der Waals surface area contributed by atoms with E-state index in [0.29, 0.717) is 18.2 Å². The van der Waals surface area contributed by atoms with Gasteiger partial charge in [0.1, 0.15) is 0 Å². The van der Waals surface area contributed by atoms with E-state index in [1.807, 2.05) is 34.0 Å². The van der Waals surface area contributed by atoms with Crippen molar-refractivity contribution in [3.05, 3.63) is 53.9 Å². The Bertz CT molecular complexity index is 696. The number of fused-ring (bicyclic) bond motifs is 1. The lowest BCUT2D eigenvalue weighted by atomic mass is 9.99. The predicted octanol–water partition coefficient (Wildman–Crippen LogP) is 2.24. The number of hydrogen-bond donors (Lipinski definition) is 0. The summed E-state index contributed by atoms with van der Waals surface area (Å²) in [6.07, 6.45) is 7.40. The van der Waals surface area contributed by atoms with Gasteiger partial charge in [-0.15, -0.1) is 0 Å².